The van der Waals surface area contributed by atoms with E-state index in [1.165, 1.54) is 24.3 Å². The quantitative estimate of drug-likeness (QED) is 0.201. The van der Waals surface area contributed by atoms with Crippen molar-refractivity contribution in [2.45, 2.75) is 39.5 Å². The fraction of sp³-hybridized carbons (Fsp3) is 0.250. The number of hydrogen-bond acceptors (Lipinski definition) is 6. The monoisotopic (exact) mass is 510 g/mol. The Kier molecular flexibility index (Phi) is 10.4. The Hall–Kier alpha value is -4.68. The Morgan fingerprint density at radius 1 is 0.658 bits per heavy atom. The predicted octanol–water partition coefficient (Wildman–Crippen LogP) is 5.88. The zero-order chi connectivity index (χ0) is 27.3. The number of hydrogen-bond donors (Lipinski definition) is 2. The Morgan fingerprint density at radius 3 is 1.45 bits per heavy atom. The van der Waals surface area contributed by atoms with Crippen LogP contribution in [0.5, 0.6) is 23.0 Å². The third-order valence-corrected chi connectivity index (χ3v) is 5.58. The standard InChI is InChI=1S/C32H30O6/c1-3-5-15-37-31-19-26(12-8-24-10-14-30(36)28(18-24)22-34)32(38-16-6-4-2)20-25(31)11-7-23-9-13-29(35)27(17-23)21-33/h9-10,13-14,17-22,35-36H,3-6,15-16H2,1-2H3. The van der Waals surface area contributed by atoms with E-state index in [2.05, 4.69) is 37.5 Å². The fourth-order valence-electron chi connectivity index (χ4n) is 3.38. The van der Waals surface area contributed by atoms with E-state index in [-0.39, 0.29) is 22.6 Å². The number of aldehydes is 2. The van der Waals surface area contributed by atoms with Gasteiger partial charge >= 0.3 is 0 Å². The van der Waals surface area contributed by atoms with Crippen molar-refractivity contribution in [3.63, 3.8) is 0 Å². The minimum atomic E-state index is -0.0995. The average Bonchev–Trinajstić information content (AvgIpc) is 2.93. The normalized spacial score (nSPS) is 9.95. The first-order valence-electron chi connectivity index (χ1n) is 12.5. The summed E-state index contributed by atoms with van der Waals surface area (Å²) >= 11 is 0. The lowest BCUT2D eigenvalue weighted by Gasteiger charge is -2.13. The predicted molar refractivity (Wildman–Crippen MR) is 146 cm³/mol. The van der Waals surface area contributed by atoms with Crippen LogP contribution in [0, 0.1) is 23.7 Å². The summed E-state index contributed by atoms with van der Waals surface area (Å²) in [4.78, 5) is 22.4. The fourth-order valence-corrected chi connectivity index (χ4v) is 3.38. The number of unbranched alkanes of at least 4 members (excludes halogenated alkanes) is 2. The molecular formula is C32H30O6. The number of aromatic hydroxyl groups is 2. The van der Waals surface area contributed by atoms with E-state index in [1.54, 1.807) is 24.3 Å². The highest BCUT2D eigenvalue weighted by atomic mass is 16.5. The second kappa shape index (κ2) is 14.2. The third kappa shape index (κ3) is 7.66. The van der Waals surface area contributed by atoms with Gasteiger partial charge in [-0.25, -0.2) is 0 Å². The van der Waals surface area contributed by atoms with Crippen molar-refractivity contribution in [1.29, 1.82) is 0 Å². The van der Waals surface area contributed by atoms with E-state index < -0.39 is 0 Å². The van der Waals surface area contributed by atoms with E-state index in [4.69, 9.17) is 9.47 Å². The summed E-state index contributed by atoms with van der Waals surface area (Å²) in [5, 5.41) is 19.5. The molecule has 0 heterocycles. The van der Waals surface area contributed by atoms with Gasteiger partial charge in [-0.05, 0) is 49.2 Å². The molecule has 0 saturated carbocycles. The second-order valence-corrected chi connectivity index (χ2v) is 8.53. The molecule has 0 amide bonds. The van der Waals surface area contributed by atoms with Crippen LogP contribution in [0.3, 0.4) is 0 Å². The largest absolute Gasteiger partial charge is 0.507 e. The lowest BCUT2D eigenvalue weighted by Crippen LogP contribution is -2.03. The highest BCUT2D eigenvalue weighted by molar-refractivity contribution is 5.80. The molecule has 0 bridgehead atoms. The van der Waals surface area contributed by atoms with Gasteiger partial charge in [0.15, 0.2) is 12.6 Å². The number of rotatable bonds is 10. The van der Waals surface area contributed by atoms with Crippen molar-refractivity contribution in [3.8, 4) is 46.7 Å². The molecule has 0 aliphatic rings. The summed E-state index contributed by atoms with van der Waals surface area (Å²) in [7, 11) is 0. The third-order valence-electron chi connectivity index (χ3n) is 5.58. The molecule has 0 fully saturated rings. The molecule has 0 unspecified atom stereocenters. The topological polar surface area (TPSA) is 93.1 Å². The molecule has 194 valence electrons. The molecule has 3 rings (SSSR count). The highest BCUT2D eigenvalue weighted by Gasteiger charge is 2.11. The summed E-state index contributed by atoms with van der Waals surface area (Å²) in [6, 6.07) is 12.8. The molecule has 3 aromatic carbocycles. The zero-order valence-corrected chi connectivity index (χ0v) is 21.5. The van der Waals surface area contributed by atoms with Crippen LogP contribution in [0.15, 0.2) is 48.5 Å². The van der Waals surface area contributed by atoms with Crippen LogP contribution in [0.2, 0.25) is 0 Å². The van der Waals surface area contributed by atoms with Crippen molar-refractivity contribution in [1.82, 2.24) is 0 Å². The summed E-state index contributed by atoms with van der Waals surface area (Å²) in [5.74, 6) is 13.2. The van der Waals surface area contributed by atoms with Crippen molar-refractivity contribution in [2.24, 2.45) is 0 Å². The zero-order valence-electron chi connectivity index (χ0n) is 21.5. The van der Waals surface area contributed by atoms with Crippen LogP contribution in [0.4, 0.5) is 0 Å². The Balaban J connectivity index is 2.08. The Labute approximate surface area is 223 Å². The maximum absolute atomic E-state index is 11.2. The van der Waals surface area contributed by atoms with E-state index in [0.29, 0.717) is 59.5 Å². The van der Waals surface area contributed by atoms with E-state index in [9.17, 15) is 19.8 Å². The number of phenols is 2. The number of phenolic OH excluding ortho intramolecular Hbond substituents is 2. The molecule has 6 nitrogen and oxygen atoms in total. The van der Waals surface area contributed by atoms with Crippen molar-refractivity contribution in [2.75, 3.05) is 13.2 Å². The summed E-state index contributed by atoms with van der Waals surface area (Å²) in [5.41, 5.74) is 2.67. The number of carbonyl (C=O) groups is 2. The van der Waals surface area contributed by atoms with Crippen molar-refractivity contribution >= 4 is 12.6 Å². The van der Waals surface area contributed by atoms with E-state index >= 15 is 0 Å². The first-order chi connectivity index (χ1) is 18.5. The highest BCUT2D eigenvalue weighted by Crippen LogP contribution is 2.29. The van der Waals surface area contributed by atoms with Crippen LogP contribution in [0.1, 0.15) is 82.5 Å². The van der Waals surface area contributed by atoms with Gasteiger partial charge in [-0.2, -0.15) is 0 Å². The molecular weight excluding hydrogens is 480 g/mol. The van der Waals surface area contributed by atoms with E-state index in [0.717, 1.165) is 25.7 Å². The molecule has 3 aromatic rings. The molecule has 0 aromatic heterocycles. The minimum Gasteiger partial charge on any atom is -0.507 e. The van der Waals surface area contributed by atoms with Crippen LogP contribution in [0.25, 0.3) is 0 Å². The van der Waals surface area contributed by atoms with Gasteiger partial charge < -0.3 is 19.7 Å². The van der Waals surface area contributed by atoms with Crippen LogP contribution in [-0.2, 0) is 0 Å². The minimum absolute atomic E-state index is 0.0995. The molecule has 0 aliphatic carbocycles. The van der Waals surface area contributed by atoms with Gasteiger partial charge in [0.05, 0.1) is 35.5 Å². The van der Waals surface area contributed by atoms with Gasteiger partial charge in [0.25, 0.3) is 0 Å². The molecule has 0 atom stereocenters. The Bertz CT molecular complexity index is 1310. The maximum atomic E-state index is 11.2. The van der Waals surface area contributed by atoms with Gasteiger partial charge in [-0.15, -0.1) is 0 Å². The van der Waals surface area contributed by atoms with Crippen LogP contribution in [-0.4, -0.2) is 36.0 Å². The van der Waals surface area contributed by atoms with Gasteiger partial charge in [-0.3, -0.25) is 9.59 Å². The molecule has 6 heteroatoms. The molecule has 0 aliphatic heterocycles. The molecule has 0 saturated heterocycles. The first kappa shape index (κ1) is 27.9. The first-order valence-corrected chi connectivity index (χ1v) is 12.5. The number of carbonyl (C=O) groups excluding carboxylic acids is 2. The lowest BCUT2D eigenvalue weighted by atomic mass is 10.1. The van der Waals surface area contributed by atoms with Gasteiger partial charge in [-0.1, -0.05) is 50.4 Å². The van der Waals surface area contributed by atoms with Gasteiger partial charge in [0, 0.05) is 23.3 Å². The summed E-state index contributed by atoms with van der Waals surface area (Å²) < 4.78 is 12.1. The van der Waals surface area contributed by atoms with Crippen LogP contribution < -0.4 is 9.47 Å². The van der Waals surface area contributed by atoms with Gasteiger partial charge in [0.1, 0.15) is 23.0 Å². The summed E-state index contributed by atoms with van der Waals surface area (Å²) in [6.07, 6.45) is 4.83. The number of benzene rings is 3. The summed E-state index contributed by atoms with van der Waals surface area (Å²) in [6.45, 7) is 5.16. The molecule has 0 spiro atoms. The van der Waals surface area contributed by atoms with Crippen LogP contribution >= 0.6 is 0 Å². The van der Waals surface area contributed by atoms with Crippen molar-refractivity contribution in [3.05, 3.63) is 81.9 Å². The Morgan fingerprint density at radius 2 is 1.08 bits per heavy atom. The number of ether oxygens (including phenoxy) is 2. The maximum Gasteiger partial charge on any atom is 0.153 e. The smallest absolute Gasteiger partial charge is 0.153 e. The van der Waals surface area contributed by atoms with Gasteiger partial charge in [0.2, 0.25) is 0 Å². The van der Waals surface area contributed by atoms with E-state index in [1.807, 2.05) is 0 Å². The molecule has 2 N–H and O–H groups in total. The molecule has 38 heavy (non-hydrogen) atoms. The lowest BCUT2D eigenvalue weighted by molar-refractivity contribution is 0.111. The second-order valence-electron chi connectivity index (χ2n) is 8.53. The molecule has 0 radical (unpaired) electrons. The average molecular weight is 511 g/mol. The van der Waals surface area contributed by atoms with Crippen molar-refractivity contribution < 1.29 is 29.3 Å². The SMILES string of the molecule is CCCCOc1cc(C#Cc2ccc(O)c(C=O)c2)c(OCCCC)cc1C#Cc1ccc(O)c(C=O)c1.